The summed E-state index contributed by atoms with van der Waals surface area (Å²) in [7, 11) is -7.46. The summed E-state index contributed by atoms with van der Waals surface area (Å²) >= 11 is 6.01. The molecule has 0 aliphatic carbocycles. The van der Waals surface area contributed by atoms with E-state index in [0.717, 1.165) is 23.1 Å². The van der Waals surface area contributed by atoms with Crippen LogP contribution in [-0.2, 0) is 31.9 Å². The number of carboxylic acids is 1. The molecule has 2 heterocycles. The van der Waals surface area contributed by atoms with E-state index in [4.69, 9.17) is 16.3 Å². The zero-order chi connectivity index (χ0) is 38.4. The molecule has 0 radical (unpaired) electrons. The van der Waals surface area contributed by atoms with Crippen LogP contribution in [0.15, 0.2) is 36.4 Å². The Balaban J connectivity index is 1.41. The lowest BCUT2D eigenvalue weighted by Gasteiger charge is -2.34. The Kier molecular flexibility index (Phi) is 10.5. The number of halogens is 4. The summed E-state index contributed by atoms with van der Waals surface area (Å²) < 4.78 is 61.3. The van der Waals surface area contributed by atoms with E-state index in [1.807, 2.05) is 5.32 Å². The molecular formula is C29H24BClF3N4O13P. The van der Waals surface area contributed by atoms with Gasteiger partial charge in [-0.1, -0.05) is 29.8 Å². The van der Waals surface area contributed by atoms with Crippen molar-refractivity contribution in [1.82, 2.24) is 20.4 Å². The molecule has 0 spiro atoms. The summed E-state index contributed by atoms with van der Waals surface area (Å²) in [6.07, 6.45) is -0.421. The van der Waals surface area contributed by atoms with Crippen LogP contribution >= 0.6 is 19.2 Å². The number of benzene rings is 3. The van der Waals surface area contributed by atoms with Crippen molar-refractivity contribution in [2.45, 2.75) is 24.9 Å². The molecule has 3 aromatic rings. The van der Waals surface area contributed by atoms with E-state index >= 15 is 4.39 Å². The Morgan fingerprint density at radius 1 is 1.02 bits per heavy atom. The zero-order valence-corrected chi connectivity index (χ0v) is 27.6. The Morgan fingerprint density at radius 3 is 2.37 bits per heavy atom. The van der Waals surface area contributed by atoms with Crippen molar-refractivity contribution in [3.05, 3.63) is 81.1 Å². The molecular weight excluding hydrogens is 747 g/mol. The lowest BCUT2D eigenvalue weighted by Crippen LogP contribution is -2.60. The van der Waals surface area contributed by atoms with Crippen molar-refractivity contribution in [3.8, 4) is 17.2 Å². The van der Waals surface area contributed by atoms with Gasteiger partial charge in [-0.05, 0) is 35.7 Å². The molecule has 52 heavy (non-hydrogen) atoms. The predicted octanol–water partition coefficient (Wildman–Crippen LogP) is 0.431. The van der Waals surface area contributed by atoms with Gasteiger partial charge in [0.15, 0.2) is 23.1 Å². The fourth-order valence-corrected chi connectivity index (χ4v) is 6.30. The summed E-state index contributed by atoms with van der Waals surface area (Å²) in [5.74, 6) is -14.5. The summed E-state index contributed by atoms with van der Waals surface area (Å²) in [5.41, 5.74) is -1.84. The maximum atomic E-state index is 15.4. The van der Waals surface area contributed by atoms with Gasteiger partial charge in [0.1, 0.15) is 28.5 Å². The molecule has 274 valence electrons. The molecule has 23 heteroatoms. The number of urea groups is 1. The lowest BCUT2D eigenvalue weighted by molar-refractivity contribution is -0.154. The SMILES string of the molecule is O=C(O)c1c(F)ccc2c1OB(O)[C@@H](NC(=O)[C@@H](NC(=O)N1CCN(Cc3ccc(O)c(O)c3Cl)C(=O)C1=O)c1ccc(P(=O)(O)O)c(F)c1F)C2. The number of piperazine rings is 1. The number of nitrogens with one attached hydrogen (secondary N) is 2. The van der Waals surface area contributed by atoms with E-state index in [9.17, 15) is 67.4 Å². The number of nitrogens with zero attached hydrogens (tertiary/aromatic N) is 2. The van der Waals surface area contributed by atoms with E-state index in [0.29, 0.717) is 17.0 Å². The third kappa shape index (κ3) is 7.21. The highest BCUT2D eigenvalue weighted by Crippen LogP contribution is 2.38. The molecule has 2 aliphatic rings. The summed E-state index contributed by atoms with van der Waals surface area (Å²) in [4.78, 5) is 84.6. The van der Waals surface area contributed by atoms with Crippen LogP contribution in [0.5, 0.6) is 17.2 Å². The van der Waals surface area contributed by atoms with Gasteiger partial charge < -0.3 is 50.3 Å². The van der Waals surface area contributed by atoms with Gasteiger partial charge in [0.2, 0.25) is 5.91 Å². The van der Waals surface area contributed by atoms with E-state index in [2.05, 4.69) is 5.32 Å². The van der Waals surface area contributed by atoms with E-state index < -0.39 is 121 Å². The number of aromatic hydroxyl groups is 2. The predicted molar refractivity (Wildman–Crippen MR) is 169 cm³/mol. The molecule has 1 saturated heterocycles. The Morgan fingerprint density at radius 2 is 1.71 bits per heavy atom. The van der Waals surface area contributed by atoms with Crippen LogP contribution in [0.1, 0.15) is 33.1 Å². The first-order chi connectivity index (χ1) is 24.3. The van der Waals surface area contributed by atoms with Crippen molar-refractivity contribution in [1.29, 1.82) is 0 Å². The lowest BCUT2D eigenvalue weighted by atomic mass is 9.72. The normalized spacial score (nSPS) is 16.6. The fraction of sp³-hybridized carbons (Fsp3) is 0.207. The molecule has 8 N–H and O–H groups in total. The molecule has 3 aromatic carbocycles. The summed E-state index contributed by atoms with van der Waals surface area (Å²) in [6, 6.07) is 1.40. The van der Waals surface area contributed by atoms with Gasteiger partial charge in [-0.3, -0.25) is 23.8 Å². The molecule has 0 bridgehead atoms. The number of hydrogen-bond acceptors (Lipinski definition) is 10. The Bertz CT molecular complexity index is 2090. The molecule has 0 unspecified atom stereocenters. The second kappa shape index (κ2) is 14.4. The quantitative estimate of drug-likeness (QED) is 0.0670. The van der Waals surface area contributed by atoms with Crippen LogP contribution < -0.4 is 20.6 Å². The average Bonchev–Trinajstić information content (AvgIpc) is 3.06. The number of phenols is 2. The summed E-state index contributed by atoms with van der Waals surface area (Å²) in [6.45, 7) is -1.23. The first kappa shape index (κ1) is 37.9. The number of fused-ring (bicyclic) bond motifs is 1. The number of imide groups is 1. The Hall–Kier alpha value is -5.34. The average molecular weight is 771 g/mol. The van der Waals surface area contributed by atoms with E-state index in [1.165, 1.54) is 6.07 Å². The van der Waals surface area contributed by atoms with Crippen LogP contribution in [0.4, 0.5) is 18.0 Å². The molecule has 2 atom stereocenters. The van der Waals surface area contributed by atoms with Crippen LogP contribution in [-0.4, -0.2) is 95.8 Å². The van der Waals surface area contributed by atoms with Gasteiger partial charge in [0, 0.05) is 25.2 Å². The first-order valence-electron chi connectivity index (χ1n) is 14.7. The first-order valence-corrected chi connectivity index (χ1v) is 16.6. The monoisotopic (exact) mass is 770 g/mol. The number of carbonyl (C=O) groups is 5. The van der Waals surface area contributed by atoms with Crippen LogP contribution in [0.2, 0.25) is 5.02 Å². The van der Waals surface area contributed by atoms with Gasteiger partial charge in [-0.25, -0.2) is 22.8 Å². The minimum atomic E-state index is -5.39. The van der Waals surface area contributed by atoms with Crippen LogP contribution in [0.3, 0.4) is 0 Å². The van der Waals surface area contributed by atoms with Crippen molar-refractivity contribution in [2.24, 2.45) is 0 Å². The van der Waals surface area contributed by atoms with Crippen molar-refractivity contribution in [2.75, 3.05) is 13.1 Å². The molecule has 2 aliphatic heterocycles. The zero-order valence-electron chi connectivity index (χ0n) is 25.9. The number of amides is 5. The number of aromatic carboxylic acids is 1. The molecule has 17 nitrogen and oxygen atoms in total. The summed E-state index contributed by atoms with van der Waals surface area (Å²) in [5, 5.41) is 41.9. The number of carboxylic acid groups (broad SMARTS) is 1. The van der Waals surface area contributed by atoms with E-state index in [-0.39, 0.29) is 29.2 Å². The fourth-order valence-electron chi connectivity index (χ4n) is 5.46. The third-order valence-corrected chi connectivity index (χ3v) is 9.48. The van der Waals surface area contributed by atoms with Crippen LogP contribution in [0.25, 0.3) is 0 Å². The maximum Gasteiger partial charge on any atom is 0.547 e. The molecule has 5 rings (SSSR count). The highest BCUT2D eigenvalue weighted by Gasteiger charge is 2.43. The second-order valence-corrected chi connectivity index (χ2v) is 13.3. The Labute approximate surface area is 294 Å². The molecule has 5 amide bonds. The molecule has 1 fully saturated rings. The van der Waals surface area contributed by atoms with Crippen molar-refractivity contribution < 1.29 is 76.5 Å². The van der Waals surface area contributed by atoms with Gasteiger partial charge in [0.25, 0.3) is 0 Å². The van der Waals surface area contributed by atoms with E-state index in [1.54, 1.807) is 0 Å². The largest absolute Gasteiger partial charge is 0.547 e. The topological polar surface area (TPSA) is 264 Å². The third-order valence-electron chi connectivity index (χ3n) is 8.09. The maximum absolute atomic E-state index is 15.4. The van der Waals surface area contributed by atoms with Gasteiger partial charge in [0.05, 0.1) is 11.0 Å². The van der Waals surface area contributed by atoms with Crippen LogP contribution in [0, 0.1) is 17.5 Å². The standard InChI is InChI=1S/C29H24BClF3N4O13P/c31-19-12(2-5-15(39)23(19)40)10-37-7-8-38(27(43)26(37)42)29(46)36-22(13-3-6-16(52(48,49)50)21(34)20(13)33)25(41)35-17-9-11-1-4-14(32)18(28(44)45)24(11)51-30(17)47/h1-6,17,22,39-40,47H,7-10H2,(H,35,41)(H,36,46)(H,44,45)(H2,48,49,50)/t17-,22-/m0/s1. The highest BCUT2D eigenvalue weighted by molar-refractivity contribution is 7.60. The van der Waals surface area contributed by atoms with Crippen molar-refractivity contribution >= 4 is 61.3 Å². The van der Waals surface area contributed by atoms with Gasteiger partial charge in [-0.2, -0.15) is 0 Å². The minimum absolute atomic E-state index is 0.0102. The number of rotatable bonds is 8. The smallest absolute Gasteiger partial charge is 0.534 e. The number of hydrogen-bond donors (Lipinski definition) is 8. The molecule has 0 aromatic heterocycles. The minimum Gasteiger partial charge on any atom is -0.534 e. The number of phenolic OH excluding ortho intramolecular Hbond substituents is 2. The van der Waals surface area contributed by atoms with Gasteiger partial charge >= 0.3 is 38.5 Å². The second-order valence-electron chi connectivity index (χ2n) is 11.4. The van der Waals surface area contributed by atoms with Gasteiger partial charge in [-0.15, -0.1) is 0 Å². The van der Waals surface area contributed by atoms with Crippen molar-refractivity contribution in [3.63, 3.8) is 0 Å². The number of carbonyl (C=O) groups excluding carboxylic acids is 4. The highest BCUT2D eigenvalue weighted by atomic mass is 35.5. The molecule has 0 saturated carbocycles.